The third-order valence-electron chi connectivity index (χ3n) is 7.52. The summed E-state index contributed by atoms with van der Waals surface area (Å²) in [4.78, 5) is 28.9. The number of sulfonamides is 1. The number of nitrogens with zero attached hydrogens (tertiary/aromatic N) is 2. The highest BCUT2D eigenvalue weighted by atomic mass is 35.5. The van der Waals surface area contributed by atoms with Gasteiger partial charge in [0.1, 0.15) is 18.3 Å². The topological polar surface area (TPSA) is 96.0 Å². The van der Waals surface area contributed by atoms with Crippen molar-refractivity contribution in [1.82, 2.24) is 10.2 Å². The molecule has 8 nitrogen and oxygen atoms in total. The summed E-state index contributed by atoms with van der Waals surface area (Å²) in [6.45, 7) is 3.38. The van der Waals surface area contributed by atoms with E-state index in [0.717, 1.165) is 36.4 Å². The molecule has 1 fully saturated rings. The minimum absolute atomic E-state index is 0.00277. The quantitative estimate of drug-likeness (QED) is 0.244. The Morgan fingerprint density at radius 2 is 1.65 bits per heavy atom. The maximum atomic E-state index is 14.1. The number of hydrogen-bond donors (Lipinski definition) is 1. The van der Waals surface area contributed by atoms with Crippen LogP contribution in [0.5, 0.6) is 5.75 Å². The number of carbonyl (C=O) groups is 2. The number of rotatable bonds is 12. The summed E-state index contributed by atoms with van der Waals surface area (Å²) in [7, 11) is -4.18. The summed E-state index contributed by atoms with van der Waals surface area (Å²) in [6.07, 6.45) is 4.99. The number of halogens is 2. The van der Waals surface area contributed by atoms with Gasteiger partial charge in [0.15, 0.2) is 0 Å². The minimum atomic E-state index is -4.18. The summed E-state index contributed by atoms with van der Waals surface area (Å²) in [5.74, 6) is -0.325. The Labute approximate surface area is 264 Å². The normalized spacial score (nSPS) is 14.5. The highest BCUT2D eigenvalue weighted by Crippen LogP contribution is 2.27. The molecule has 0 saturated heterocycles. The molecule has 1 atom stereocenters. The van der Waals surface area contributed by atoms with E-state index in [0.29, 0.717) is 33.7 Å². The van der Waals surface area contributed by atoms with Crippen molar-refractivity contribution in [2.75, 3.05) is 17.5 Å². The van der Waals surface area contributed by atoms with Crippen molar-refractivity contribution in [3.05, 3.63) is 88.4 Å². The maximum absolute atomic E-state index is 14.1. The number of ether oxygens (including phenoxy) is 1. The molecule has 1 aliphatic rings. The van der Waals surface area contributed by atoms with Crippen molar-refractivity contribution in [3.8, 4) is 5.75 Å². The molecule has 0 radical (unpaired) electrons. The van der Waals surface area contributed by atoms with Crippen LogP contribution in [0.4, 0.5) is 5.69 Å². The average molecular weight is 647 g/mol. The Morgan fingerprint density at radius 1 is 0.977 bits per heavy atom. The van der Waals surface area contributed by atoms with E-state index in [9.17, 15) is 18.0 Å². The van der Waals surface area contributed by atoms with E-state index in [1.54, 1.807) is 67.6 Å². The average Bonchev–Trinajstić information content (AvgIpc) is 3.00. The van der Waals surface area contributed by atoms with E-state index < -0.39 is 28.5 Å². The first-order valence-electron chi connectivity index (χ1n) is 14.4. The first-order valence-corrected chi connectivity index (χ1v) is 16.6. The van der Waals surface area contributed by atoms with Gasteiger partial charge in [0.2, 0.25) is 11.8 Å². The molecule has 4 rings (SSSR count). The van der Waals surface area contributed by atoms with E-state index in [1.807, 2.05) is 6.92 Å². The Morgan fingerprint density at radius 3 is 2.28 bits per heavy atom. The van der Waals surface area contributed by atoms with E-state index in [1.165, 1.54) is 17.0 Å². The van der Waals surface area contributed by atoms with Crippen molar-refractivity contribution >= 4 is 50.7 Å². The number of amides is 2. The molecule has 0 bridgehead atoms. The van der Waals surface area contributed by atoms with Gasteiger partial charge in [-0.15, -0.1) is 0 Å². The molecule has 11 heteroatoms. The van der Waals surface area contributed by atoms with Gasteiger partial charge >= 0.3 is 0 Å². The zero-order valence-electron chi connectivity index (χ0n) is 24.3. The van der Waals surface area contributed by atoms with Crippen molar-refractivity contribution in [1.29, 1.82) is 0 Å². The van der Waals surface area contributed by atoms with Gasteiger partial charge in [-0.05, 0) is 80.8 Å². The van der Waals surface area contributed by atoms with Crippen molar-refractivity contribution < 1.29 is 22.7 Å². The standard InChI is InChI=1S/C32H37Cl2N3O5S/c1-3-42-28-16-18-29(19-17-28)43(40,41)37(27-12-8-5-9-13-27)22-31(38)36(21-24-14-15-25(33)20-30(24)34)23(2)32(39)35-26-10-6-4-7-11-26/h5,8-9,12-20,23,26H,3-4,6-7,10-11,21-22H2,1-2H3,(H,35,39). The van der Waals surface area contributed by atoms with Crippen LogP contribution in [0.1, 0.15) is 51.5 Å². The van der Waals surface area contributed by atoms with Crippen LogP contribution >= 0.6 is 23.2 Å². The maximum Gasteiger partial charge on any atom is 0.264 e. The summed E-state index contributed by atoms with van der Waals surface area (Å²) in [5.41, 5.74) is 0.894. The minimum Gasteiger partial charge on any atom is -0.494 e. The molecule has 3 aromatic carbocycles. The van der Waals surface area contributed by atoms with Crippen LogP contribution in [0.3, 0.4) is 0 Å². The third kappa shape index (κ3) is 8.43. The SMILES string of the molecule is CCOc1ccc(S(=O)(=O)N(CC(=O)N(Cc2ccc(Cl)cc2Cl)C(C)C(=O)NC2CCCCC2)c2ccccc2)cc1. The largest absolute Gasteiger partial charge is 0.494 e. The number of para-hydroxylation sites is 1. The molecule has 230 valence electrons. The smallest absolute Gasteiger partial charge is 0.264 e. The number of anilines is 1. The molecular weight excluding hydrogens is 609 g/mol. The molecule has 1 unspecified atom stereocenters. The fraction of sp³-hybridized carbons (Fsp3) is 0.375. The van der Waals surface area contributed by atoms with E-state index >= 15 is 0 Å². The Kier molecular flexibility index (Phi) is 11.3. The molecule has 1 aliphatic carbocycles. The lowest BCUT2D eigenvalue weighted by Crippen LogP contribution is -2.53. The molecule has 43 heavy (non-hydrogen) atoms. The van der Waals surface area contributed by atoms with Crippen molar-refractivity contribution in [2.24, 2.45) is 0 Å². The second-order valence-electron chi connectivity index (χ2n) is 10.5. The van der Waals surface area contributed by atoms with Gasteiger partial charge in [-0.2, -0.15) is 0 Å². The van der Waals surface area contributed by atoms with Gasteiger partial charge in [0.25, 0.3) is 10.0 Å². The van der Waals surface area contributed by atoms with Crippen LogP contribution in [0, 0.1) is 0 Å². The number of hydrogen-bond acceptors (Lipinski definition) is 5. The summed E-state index contributed by atoms with van der Waals surface area (Å²) < 4.78 is 34.5. The molecule has 1 N–H and O–H groups in total. The van der Waals surface area contributed by atoms with E-state index in [-0.39, 0.29) is 23.4 Å². The van der Waals surface area contributed by atoms with Gasteiger partial charge in [0, 0.05) is 22.6 Å². The van der Waals surface area contributed by atoms with Crippen LogP contribution in [-0.2, 0) is 26.2 Å². The fourth-order valence-electron chi connectivity index (χ4n) is 5.11. The summed E-state index contributed by atoms with van der Waals surface area (Å²) in [5, 5.41) is 3.87. The molecule has 0 aromatic heterocycles. The van der Waals surface area contributed by atoms with Gasteiger partial charge in [-0.25, -0.2) is 8.42 Å². The Bertz CT molecular complexity index is 1500. The summed E-state index contributed by atoms with van der Waals surface area (Å²) >= 11 is 12.6. The molecule has 1 saturated carbocycles. The highest BCUT2D eigenvalue weighted by molar-refractivity contribution is 7.92. The lowest BCUT2D eigenvalue weighted by Gasteiger charge is -2.33. The van der Waals surface area contributed by atoms with E-state index in [4.69, 9.17) is 27.9 Å². The van der Waals surface area contributed by atoms with Gasteiger partial charge < -0.3 is 15.0 Å². The number of carbonyl (C=O) groups excluding carboxylic acids is 2. The molecule has 0 heterocycles. The predicted molar refractivity (Wildman–Crippen MR) is 170 cm³/mol. The monoisotopic (exact) mass is 645 g/mol. The lowest BCUT2D eigenvalue weighted by atomic mass is 9.95. The van der Waals surface area contributed by atoms with Crippen LogP contribution in [0.25, 0.3) is 0 Å². The van der Waals surface area contributed by atoms with Crippen LogP contribution < -0.4 is 14.4 Å². The first kappa shape index (κ1) is 32.6. The third-order valence-corrected chi connectivity index (χ3v) is 9.90. The second kappa shape index (κ2) is 14.9. The number of benzene rings is 3. The summed E-state index contributed by atoms with van der Waals surface area (Å²) in [6, 6.07) is 18.5. The molecule has 0 spiro atoms. The second-order valence-corrected chi connectivity index (χ2v) is 13.2. The van der Waals surface area contributed by atoms with Crippen LogP contribution in [0.2, 0.25) is 10.0 Å². The van der Waals surface area contributed by atoms with E-state index in [2.05, 4.69) is 5.32 Å². The Hall–Kier alpha value is -3.27. The van der Waals surface area contributed by atoms with Crippen LogP contribution in [-0.4, -0.2) is 50.4 Å². The van der Waals surface area contributed by atoms with Gasteiger partial charge in [-0.3, -0.25) is 13.9 Å². The molecule has 0 aliphatic heterocycles. The van der Waals surface area contributed by atoms with Crippen molar-refractivity contribution in [2.45, 2.75) is 69.5 Å². The van der Waals surface area contributed by atoms with Gasteiger partial charge in [-0.1, -0.05) is 66.7 Å². The number of nitrogens with one attached hydrogen (secondary N) is 1. The Balaban J connectivity index is 1.67. The first-order chi connectivity index (χ1) is 20.6. The zero-order chi connectivity index (χ0) is 31.0. The lowest BCUT2D eigenvalue weighted by molar-refractivity contribution is -0.139. The highest BCUT2D eigenvalue weighted by Gasteiger charge is 2.33. The van der Waals surface area contributed by atoms with Gasteiger partial charge in [0.05, 0.1) is 17.2 Å². The van der Waals surface area contributed by atoms with Crippen molar-refractivity contribution in [3.63, 3.8) is 0 Å². The predicted octanol–water partition coefficient (Wildman–Crippen LogP) is 6.45. The molecule has 2 amide bonds. The van der Waals surface area contributed by atoms with Crippen LogP contribution in [0.15, 0.2) is 77.7 Å². The molecule has 3 aromatic rings. The molecular formula is C32H37Cl2N3O5S. The zero-order valence-corrected chi connectivity index (χ0v) is 26.7. The fourth-order valence-corrected chi connectivity index (χ4v) is 6.99.